The minimum atomic E-state index is -2.77. The Balaban J connectivity index is 1.54. The molecule has 0 aromatic carbocycles. The van der Waals surface area contributed by atoms with Crippen LogP contribution in [0.25, 0.3) is 0 Å². The van der Waals surface area contributed by atoms with Crippen LogP contribution < -0.4 is 5.32 Å². The van der Waals surface area contributed by atoms with E-state index in [1.54, 1.807) is 0 Å². The van der Waals surface area contributed by atoms with E-state index in [-0.39, 0.29) is 6.04 Å². The van der Waals surface area contributed by atoms with Crippen LogP contribution in [0.15, 0.2) is 0 Å². The minimum absolute atomic E-state index is 0.206. The fourth-order valence-electron chi connectivity index (χ4n) is 3.34. The van der Waals surface area contributed by atoms with Gasteiger partial charge in [-0.25, -0.2) is 8.42 Å². The van der Waals surface area contributed by atoms with Gasteiger partial charge >= 0.3 is 0 Å². The van der Waals surface area contributed by atoms with Gasteiger partial charge in [0.25, 0.3) is 0 Å². The molecule has 2 saturated carbocycles. The summed E-state index contributed by atoms with van der Waals surface area (Å²) in [4.78, 5) is 2.45. The number of sulfone groups is 1. The molecule has 3 aliphatic rings. The van der Waals surface area contributed by atoms with E-state index in [9.17, 15) is 8.42 Å². The van der Waals surface area contributed by atoms with Crippen molar-refractivity contribution in [3.8, 4) is 0 Å². The van der Waals surface area contributed by atoms with E-state index in [4.69, 9.17) is 0 Å². The molecule has 3 fully saturated rings. The molecule has 4 nitrogen and oxygen atoms in total. The van der Waals surface area contributed by atoms with Gasteiger partial charge in [-0.2, -0.15) is 0 Å². The quantitative estimate of drug-likeness (QED) is 0.816. The monoisotopic (exact) mass is 272 g/mol. The summed E-state index contributed by atoms with van der Waals surface area (Å²) in [6.07, 6.45) is 5.24. The fraction of sp³-hybridized carbons (Fsp3) is 1.00. The van der Waals surface area contributed by atoms with Gasteiger partial charge in [-0.15, -0.1) is 0 Å². The van der Waals surface area contributed by atoms with E-state index in [1.807, 2.05) is 0 Å². The zero-order chi connectivity index (χ0) is 12.8. The lowest BCUT2D eigenvalue weighted by Gasteiger charge is -2.48. The molecule has 0 aromatic rings. The van der Waals surface area contributed by atoms with Crippen LogP contribution in [0.3, 0.4) is 0 Å². The average molecular weight is 272 g/mol. The molecule has 3 rings (SSSR count). The lowest BCUT2D eigenvalue weighted by Crippen LogP contribution is -2.58. The van der Waals surface area contributed by atoms with Crippen molar-refractivity contribution >= 4 is 9.84 Å². The molecule has 2 aliphatic carbocycles. The molecule has 1 heterocycles. The fourth-order valence-corrected chi connectivity index (χ4v) is 4.92. The summed E-state index contributed by atoms with van der Waals surface area (Å²) in [5, 5.41) is 3.61. The molecular formula is C13H24N2O2S. The first-order valence-electron chi connectivity index (χ1n) is 7.25. The van der Waals surface area contributed by atoms with Gasteiger partial charge in [0.1, 0.15) is 0 Å². The summed E-state index contributed by atoms with van der Waals surface area (Å²) in [5.74, 6) is 1.46. The SMILES string of the molecule is CC1CS(=O)(=O)CCN1C1CCC1CNC1CC1. The van der Waals surface area contributed by atoms with Crippen LogP contribution in [0.2, 0.25) is 0 Å². The van der Waals surface area contributed by atoms with Crippen LogP contribution in [-0.2, 0) is 9.84 Å². The van der Waals surface area contributed by atoms with E-state index in [1.165, 1.54) is 25.7 Å². The van der Waals surface area contributed by atoms with Crippen molar-refractivity contribution < 1.29 is 8.42 Å². The van der Waals surface area contributed by atoms with E-state index < -0.39 is 9.84 Å². The maximum atomic E-state index is 11.6. The first-order valence-corrected chi connectivity index (χ1v) is 9.07. The molecule has 1 saturated heterocycles. The van der Waals surface area contributed by atoms with Gasteiger partial charge in [0.2, 0.25) is 0 Å². The molecule has 0 bridgehead atoms. The highest BCUT2D eigenvalue weighted by molar-refractivity contribution is 7.91. The van der Waals surface area contributed by atoms with Crippen LogP contribution in [0.1, 0.15) is 32.6 Å². The lowest BCUT2D eigenvalue weighted by molar-refractivity contribution is 0.0404. The summed E-state index contributed by atoms with van der Waals surface area (Å²) in [6, 6.07) is 1.62. The van der Waals surface area contributed by atoms with Crippen molar-refractivity contribution in [2.45, 2.75) is 50.7 Å². The highest BCUT2D eigenvalue weighted by Crippen LogP contribution is 2.35. The topological polar surface area (TPSA) is 49.4 Å². The number of nitrogens with zero attached hydrogens (tertiary/aromatic N) is 1. The number of hydrogen-bond acceptors (Lipinski definition) is 4. The zero-order valence-corrected chi connectivity index (χ0v) is 12.0. The highest BCUT2D eigenvalue weighted by atomic mass is 32.2. The molecule has 5 heteroatoms. The first-order chi connectivity index (χ1) is 8.55. The van der Waals surface area contributed by atoms with Crippen molar-refractivity contribution in [1.82, 2.24) is 10.2 Å². The second kappa shape index (κ2) is 4.76. The second-order valence-corrected chi connectivity index (χ2v) is 8.52. The Labute approximate surface area is 110 Å². The van der Waals surface area contributed by atoms with Gasteiger partial charge in [-0.3, -0.25) is 4.90 Å². The smallest absolute Gasteiger partial charge is 0.153 e. The van der Waals surface area contributed by atoms with Crippen LogP contribution in [0.4, 0.5) is 0 Å². The third kappa shape index (κ3) is 2.73. The molecule has 1 N–H and O–H groups in total. The van der Waals surface area contributed by atoms with Crippen molar-refractivity contribution in [2.24, 2.45) is 5.92 Å². The highest BCUT2D eigenvalue weighted by Gasteiger charge is 2.41. The van der Waals surface area contributed by atoms with Gasteiger partial charge < -0.3 is 5.32 Å². The number of rotatable bonds is 4. The van der Waals surface area contributed by atoms with Gasteiger partial charge in [-0.05, 0) is 45.1 Å². The molecule has 3 atom stereocenters. The molecule has 18 heavy (non-hydrogen) atoms. The van der Waals surface area contributed by atoms with Crippen molar-refractivity contribution in [3.05, 3.63) is 0 Å². The summed E-state index contributed by atoms with van der Waals surface area (Å²) in [7, 11) is -2.77. The molecule has 0 spiro atoms. The molecule has 0 aromatic heterocycles. The van der Waals surface area contributed by atoms with E-state index in [0.29, 0.717) is 17.5 Å². The minimum Gasteiger partial charge on any atom is -0.314 e. The van der Waals surface area contributed by atoms with E-state index in [0.717, 1.165) is 25.0 Å². The maximum Gasteiger partial charge on any atom is 0.153 e. The standard InChI is InChI=1S/C13H24N2O2S/c1-10-9-18(16,17)7-6-15(10)13-5-2-11(13)8-14-12-3-4-12/h10-14H,2-9H2,1H3. The van der Waals surface area contributed by atoms with E-state index >= 15 is 0 Å². The van der Waals surface area contributed by atoms with E-state index in [2.05, 4.69) is 17.1 Å². The second-order valence-electron chi connectivity index (χ2n) is 6.29. The Morgan fingerprint density at radius 2 is 2.00 bits per heavy atom. The molecule has 0 radical (unpaired) electrons. The molecule has 1 aliphatic heterocycles. The summed E-state index contributed by atoms with van der Waals surface area (Å²) >= 11 is 0. The van der Waals surface area contributed by atoms with Crippen molar-refractivity contribution in [3.63, 3.8) is 0 Å². The van der Waals surface area contributed by atoms with Crippen molar-refractivity contribution in [2.75, 3.05) is 24.6 Å². The van der Waals surface area contributed by atoms with Crippen molar-refractivity contribution in [1.29, 1.82) is 0 Å². The molecule has 3 unspecified atom stereocenters. The Hall–Kier alpha value is -0.130. The van der Waals surface area contributed by atoms with Crippen LogP contribution >= 0.6 is 0 Å². The normalized spacial score (nSPS) is 40.4. The number of nitrogens with one attached hydrogen (secondary N) is 1. The Morgan fingerprint density at radius 3 is 2.56 bits per heavy atom. The molecule has 0 amide bonds. The van der Waals surface area contributed by atoms with Crippen LogP contribution in [-0.4, -0.2) is 56.0 Å². The van der Waals surface area contributed by atoms with Gasteiger partial charge in [0.15, 0.2) is 9.84 Å². The summed E-state index contributed by atoms with van der Waals surface area (Å²) in [6.45, 7) is 3.94. The lowest BCUT2D eigenvalue weighted by atomic mass is 9.77. The third-order valence-electron chi connectivity index (χ3n) is 4.77. The number of hydrogen-bond donors (Lipinski definition) is 1. The largest absolute Gasteiger partial charge is 0.314 e. The van der Waals surface area contributed by atoms with Gasteiger partial charge in [-0.1, -0.05) is 0 Å². The predicted octanol–water partition coefficient (Wildman–Crippen LogP) is 0.636. The molecular weight excluding hydrogens is 248 g/mol. The van der Waals surface area contributed by atoms with Gasteiger partial charge in [0, 0.05) is 24.7 Å². The van der Waals surface area contributed by atoms with Crippen LogP contribution in [0, 0.1) is 5.92 Å². The zero-order valence-electron chi connectivity index (χ0n) is 11.1. The Bertz CT molecular complexity index is 405. The summed E-state index contributed by atoms with van der Waals surface area (Å²) in [5.41, 5.74) is 0. The van der Waals surface area contributed by atoms with Crippen LogP contribution in [0.5, 0.6) is 0 Å². The maximum absolute atomic E-state index is 11.6. The Morgan fingerprint density at radius 1 is 1.22 bits per heavy atom. The van der Waals surface area contributed by atoms with Gasteiger partial charge in [0.05, 0.1) is 11.5 Å². The molecule has 104 valence electrons. The first kappa shape index (κ1) is 12.9. The third-order valence-corrected chi connectivity index (χ3v) is 6.57. The predicted molar refractivity (Wildman–Crippen MR) is 72.4 cm³/mol. The Kier molecular flexibility index (Phi) is 3.41. The average Bonchev–Trinajstić information content (AvgIpc) is 3.04. The summed E-state index contributed by atoms with van der Waals surface area (Å²) < 4.78 is 23.2.